The molecule has 104 valence electrons. The van der Waals surface area contributed by atoms with E-state index < -0.39 is 0 Å². The van der Waals surface area contributed by atoms with Gasteiger partial charge in [0.25, 0.3) is 0 Å². The van der Waals surface area contributed by atoms with Crippen molar-refractivity contribution in [1.82, 2.24) is 15.5 Å². The van der Waals surface area contributed by atoms with Crippen molar-refractivity contribution in [2.24, 2.45) is 0 Å². The molecule has 2 N–H and O–H groups in total. The summed E-state index contributed by atoms with van der Waals surface area (Å²) in [6, 6.07) is 0.678. The third kappa shape index (κ3) is 3.43. The number of rotatable bonds is 5. The van der Waals surface area contributed by atoms with Gasteiger partial charge in [0.1, 0.15) is 0 Å². The number of carbonyl (C=O) groups is 1. The van der Waals surface area contributed by atoms with E-state index in [2.05, 4.69) is 15.5 Å². The van der Waals surface area contributed by atoms with E-state index in [1.807, 2.05) is 0 Å². The van der Waals surface area contributed by atoms with Crippen molar-refractivity contribution >= 4 is 5.91 Å². The Hall–Kier alpha value is -0.650. The van der Waals surface area contributed by atoms with Crippen LogP contribution in [0.4, 0.5) is 0 Å². The van der Waals surface area contributed by atoms with Crippen molar-refractivity contribution in [2.45, 2.75) is 37.8 Å². The first-order valence-electron chi connectivity index (χ1n) is 7.06. The van der Waals surface area contributed by atoms with Crippen LogP contribution in [0.2, 0.25) is 0 Å². The molecule has 2 aliphatic rings. The Morgan fingerprint density at radius 3 is 2.89 bits per heavy atom. The summed E-state index contributed by atoms with van der Waals surface area (Å²) in [5, 5.41) is 6.35. The van der Waals surface area contributed by atoms with Gasteiger partial charge in [-0.2, -0.15) is 0 Å². The molecule has 5 nitrogen and oxygen atoms in total. The van der Waals surface area contributed by atoms with E-state index in [0.29, 0.717) is 19.2 Å². The minimum absolute atomic E-state index is 0.0879. The Balaban J connectivity index is 1.84. The highest BCUT2D eigenvalue weighted by molar-refractivity contribution is 5.82. The van der Waals surface area contributed by atoms with Crippen molar-refractivity contribution in [3.63, 3.8) is 0 Å². The number of likely N-dealkylation sites (tertiary alicyclic amines) is 1. The quantitative estimate of drug-likeness (QED) is 0.677. The van der Waals surface area contributed by atoms with Crippen LogP contribution in [0.15, 0.2) is 0 Å². The Labute approximate surface area is 109 Å². The summed E-state index contributed by atoms with van der Waals surface area (Å²) in [4.78, 5) is 14.6. The topological polar surface area (TPSA) is 53.6 Å². The third-order valence-corrected chi connectivity index (χ3v) is 3.98. The molecule has 1 unspecified atom stereocenters. The Morgan fingerprint density at radius 1 is 1.39 bits per heavy atom. The van der Waals surface area contributed by atoms with Crippen LogP contribution in [0.1, 0.15) is 25.7 Å². The van der Waals surface area contributed by atoms with E-state index >= 15 is 0 Å². The van der Waals surface area contributed by atoms with Crippen LogP contribution in [-0.2, 0) is 9.53 Å². The second-order valence-electron chi connectivity index (χ2n) is 5.16. The SMILES string of the molecule is COCCNC(=O)C1CCCN1C1CCNCC1. The predicted octanol–water partition coefficient (Wildman–Crippen LogP) is -0.0346. The normalized spacial score (nSPS) is 26.4. The van der Waals surface area contributed by atoms with Gasteiger partial charge in [0.15, 0.2) is 0 Å². The first-order valence-corrected chi connectivity index (χ1v) is 7.06. The first kappa shape index (κ1) is 13.8. The Bertz CT molecular complexity index is 267. The lowest BCUT2D eigenvalue weighted by Crippen LogP contribution is -2.51. The lowest BCUT2D eigenvalue weighted by atomic mass is 10.0. The molecule has 0 aliphatic carbocycles. The van der Waals surface area contributed by atoms with Crippen LogP contribution in [0.3, 0.4) is 0 Å². The van der Waals surface area contributed by atoms with Crippen molar-refractivity contribution in [1.29, 1.82) is 0 Å². The van der Waals surface area contributed by atoms with Crippen molar-refractivity contribution < 1.29 is 9.53 Å². The van der Waals surface area contributed by atoms with Gasteiger partial charge in [-0.25, -0.2) is 0 Å². The molecular weight excluding hydrogens is 230 g/mol. The number of piperidine rings is 1. The van der Waals surface area contributed by atoms with Gasteiger partial charge in [0.05, 0.1) is 12.6 Å². The fourth-order valence-corrected chi connectivity index (χ4v) is 3.04. The number of amides is 1. The average Bonchev–Trinajstić information content (AvgIpc) is 2.89. The lowest BCUT2D eigenvalue weighted by molar-refractivity contribution is -0.126. The van der Waals surface area contributed by atoms with Crippen LogP contribution in [0, 0.1) is 0 Å². The highest BCUT2D eigenvalue weighted by Crippen LogP contribution is 2.24. The summed E-state index contributed by atoms with van der Waals surface area (Å²) in [5.41, 5.74) is 0. The molecule has 2 rings (SSSR count). The van der Waals surface area contributed by atoms with Crippen molar-refractivity contribution in [2.75, 3.05) is 39.9 Å². The molecule has 1 atom stereocenters. The first-order chi connectivity index (χ1) is 8.83. The molecule has 2 fully saturated rings. The van der Waals surface area contributed by atoms with Crippen LogP contribution < -0.4 is 10.6 Å². The van der Waals surface area contributed by atoms with Crippen LogP contribution in [-0.4, -0.2) is 62.8 Å². The van der Waals surface area contributed by atoms with Gasteiger partial charge in [-0.15, -0.1) is 0 Å². The predicted molar refractivity (Wildman–Crippen MR) is 70.5 cm³/mol. The minimum atomic E-state index is 0.0879. The molecule has 0 saturated carbocycles. The summed E-state index contributed by atoms with van der Waals surface area (Å²) in [5.74, 6) is 0.183. The number of nitrogens with one attached hydrogen (secondary N) is 2. The van der Waals surface area contributed by atoms with Crippen molar-refractivity contribution in [3.8, 4) is 0 Å². The van der Waals surface area contributed by atoms with Crippen LogP contribution >= 0.6 is 0 Å². The zero-order chi connectivity index (χ0) is 12.8. The second-order valence-corrected chi connectivity index (χ2v) is 5.16. The van der Waals surface area contributed by atoms with E-state index in [0.717, 1.165) is 32.5 Å². The van der Waals surface area contributed by atoms with Gasteiger partial charge in [-0.3, -0.25) is 9.69 Å². The highest BCUT2D eigenvalue weighted by atomic mass is 16.5. The number of nitrogens with zero attached hydrogens (tertiary/aromatic N) is 1. The molecule has 0 aromatic rings. The molecule has 1 amide bonds. The lowest BCUT2D eigenvalue weighted by Gasteiger charge is -2.35. The number of ether oxygens (including phenoxy) is 1. The summed E-state index contributed by atoms with van der Waals surface area (Å²) >= 11 is 0. The fraction of sp³-hybridized carbons (Fsp3) is 0.923. The number of carbonyl (C=O) groups excluding carboxylic acids is 1. The van der Waals surface area contributed by atoms with Gasteiger partial charge in [-0.05, 0) is 45.3 Å². The zero-order valence-electron chi connectivity index (χ0n) is 11.3. The molecule has 2 aliphatic heterocycles. The molecule has 0 bridgehead atoms. The number of hydrogen-bond donors (Lipinski definition) is 2. The molecule has 0 aromatic heterocycles. The molecule has 0 aromatic carbocycles. The highest BCUT2D eigenvalue weighted by Gasteiger charge is 2.35. The molecule has 0 spiro atoms. The van der Waals surface area contributed by atoms with Gasteiger partial charge in [-0.1, -0.05) is 0 Å². The van der Waals surface area contributed by atoms with Gasteiger partial charge in [0, 0.05) is 19.7 Å². The number of methoxy groups -OCH3 is 1. The molecule has 18 heavy (non-hydrogen) atoms. The van der Waals surface area contributed by atoms with Gasteiger partial charge >= 0.3 is 0 Å². The average molecular weight is 255 g/mol. The van der Waals surface area contributed by atoms with Gasteiger partial charge < -0.3 is 15.4 Å². The van der Waals surface area contributed by atoms with E-state index in [9.17, 15) is 4.79 Å². The molecule has 0 radical (unpaired) electrons. The molecule has 2 saturated heterocycles. The second kappa shape index (κ2) is 7.07. The van der Waals surface area contributed by atoms with E-state index in [1.165, 1.54) is 12.8 Å². The Morgan fingerprint density at radius 2 is 2.17 bits per heavy atom. The fourth-order valence-electron chi connectivity index (χ4n) is 3.04. The third-order valence-electron chi connectivity index (χ3n) is 3.98. The standard InChI is InChI=1S/C13H25N3O2/c1-18-10-8-15-13(17)12-3-2-9-16(12)11-4-6-14-7-5-11/h11-12,14H,2-10H2,1H3,(H,15,17). The van der Waals surface area contributed by atoms with Crippen LogP contribution in [0.25, 0.3) is 0 Å². The number of hydrogen-bond acceptors (Lipinski definition) is 4. The molecule has 5 heteroatoms. The maximum atomic E-state index is 12.1. The monoisotopic (exact) mass is 255 g/mol. The van der Waals surface area contributed by atoms with E-state index in [1.54, 1.807) is 7.11 Å². The van der Waals surface area contributed by atoms with Crippen LogP contribution in [0.5, 0.6) is 0 Å². The maximum Gasteiger partial charge on any atom is 0.237 e. The van der Waals surface area contributed by atoms with Crippen molar-refractivity contribution in [3.05, 3.63) is 0 Å². The molecule has 2 heterocycles. The largest absolute Gasteiger partial charge is 0.383 e. The maximum absolute atomic E-state index is 12.1. The van der Waals surface area contributed by atoms with Gasteiger partial charge in [0.2, 0.25) is 5.91 Å². The Kier molecular flexibility index (Phi) is 5.41. The summed E-state index contributed by atoms with van der Waals surface area (Å²) in [6.07, 6.45) is 4.48. The summed E-state index contributed by atoms with van der Waals surface area (Å²) in [7, 11) is 1.66. The molecular formula is C13H25N3O2. The van der Waals surface area contributed by atoms with E-state index in [-0.39, 0.29) is 11.9 Å². The van der Waals surface area contributed by atoms with E-state index in [4.69, 9.17) is 4.74 Å². The minimum Gasteiger partial charge on any atom is -0.383 e. The summed E-state index contributed by atoms with van der Waals surface area (Å²) in [6.45, 7) is 4.45. The smallest absolute Gasteiger partial charge is 0.237 e. The zero-order valence-corrected chi connectivity index (χ0v) is 11.3. The summed E-state index contributed by atoms with van der Waals surface area (Å²) < 4.78 is 4.96.